The average molecular weight is 378 g/mol. The van der Waals surface area contributed by atoms with Gasteiger partial charge in [0.05, 0.1) is 5.52 Å². The van der Waals surface area contributed by atoms with Crippen molar-refractivity contribution in [2.75, 3.05) is 5.32 Å². The lowest BCUT2D eigenvalue weighted by molar-refractivity contribution is 0.977. The van der Waals surface area contributed by atoms with Crippen molar-refractivity contribution in [2.24, 2.45) is 0 Å². The highest BCUT2D eigenvalue weighted by molar-refractivity contribution is 5.90. The lowest BCUT2D eigenvalue weighted by atomic mass is 10.2. The van der Waals surface area contributed by atoms with Gasteiger partial charge in [-0.25, -0.2) is 19.9 Å². The number of nitrogens with zero attached hydrogens (tertiary/aromatic N) is 5. The van der Waals surface area contributed by atoms with Gasteiger partial charge in [-0.05, 0) is 23.8 Å². The molecule has 0 unspecified atom stereocenters. The van der Waals surface area contributed by atoms with Gasteiger partial charge in [-0.1, -0.05) is 48.5 Å². The smallest absolute Gasteiger partial charge is 0.162 e. The fourth-order valence-corrected chi connectivity index (χ4v) is 3.18. The SMILES string of the molecule is c1ccc(-c2nc(NCc3ccc(-n4ccnc4)nc3)c3ccccc3n2)cc1. The molecule has 0 spiro atoms. The monoisotopic (exact) mass is 378 g/mol. The third-order valence-electron chi connectivity index (χ3n) is 4.67. The van der Waals surface area contributed by atoms with Crippen LogP contribution in [0.15, 0.2) is 91.6 Å². The lowest BCUT2D eigenvalue weighted by Gasteiger charge is -2.11. The van der Waals surface area contributed by atoms with Crippen LogP contribution < -0.4 is 5.32 Å². The number of pyridine rings is 1. The maximum absolute atomic E-state index is 4.79. The predicted molar refractivity (Wildman–Crippen MR) is 114 cm³/mol. The third kappa shape index (κ3) is 3.55. The molecule has 0 aliphatic rings. The van der Waals surface area contributed by atoms with Crippen LogP contribution in [0.5, 0.6) is 0 Å². The van der Waals surface area contributed by atoms with Crippen LogP contribution in [0.3, 0.4) is 0 Å². The molecule has 6 heteroatoms. The number of hydrogen-bond acceptors (Lipinski definition) is 5. The van der Waals surface area contributed by atoms with Crippen molar-refractivity contribution in [3.8, 4) is 17.2 Å². The maximum atomic E-state index is 4.79. The van der Waals surface area contributed by atoms with Crippen LogP contribution in [0, 0.1) is 0 Å². The Morgan fingerprint density at radius 1 is 0.862 bits per heavy atom. The Kier molecular flexibility index (Phi) is 4.42. The first-order valence-electron chi connectivity index (χ1n) is 9.36. The van der Waals surface area contributed by atoms with Gasteiger partial charge in [0.25, 0.3) is 0 Å². The van der Waals surface area contributed by atoms with Gasteiger partial charge in [0.2, 0.25) is 0 Å². The molecule has 0 bridgehead atoms. The van der Waals surface area contributed by atoms with Crippen LogP contribution >= 0.6 is 0 Å². The summed E-state index contributed by atoms with van der Waals surface area (Å²) < 4.78 is 1.88. The van der Waals surface area contributed by atoms with Gasteiger partial charge in [0, 0.05) is 36.1 Å². The van der Waals surface area contributed by atoms with E-state index in [0.717, 1.165) is 33.7 Å². The van der Waals surface area contributed by atoms with Gasteiger partial charge in [0.15, 0.2) is 5.82 Å². The van der Waals surface area contributed by atoms with Crippen LogP contribution in [-0.2, 0) is 6.54 Å². The minimum absolute atomic E-state index is 0.618. The second-order valence-corrected chi connectivity index (χ2v) is 6.63. The number of rotatable bonds is 5. The van der Waals surface area contributed by atoms with E-state index in [1.165, 1.54) is 0 Å². The molecule has 140 valence electrons. The zero-order valence-corrected chi connectivity index (χ0v) is 15.6. The zero-order chi connectivity index (χ0) is 19.5. The molecule has 0 aliphatic carbocycles. The van der Waals surface area contributed by atoms with Crippen molar-refractivity contribution >= 4 is 16.7 Å². The van der Waals surface area contributed by atoms with Crippen LogP contribution in [0.2, 0.25) is 0 Å². The molecule has 0 fully saturated rings. The molecule has 1 N–H and O–H groups in total. The van der Waals surface area contributed by atoms with Crippen molar-refractivity contribution in [1.29, 1.82) is 0 Å². The minimum atomic E-state index is 0.618. The molecule has 6 nitrogen and oxygen atoms in total. The molecule has 0 aliphatic heterocycles. The number of para-hydroxylation sites is 1. The molecule has 0 radical (unpaired) electrons. The van der Waals surface area contributed by atoms with E-state index in [-0.39, 0.29) is 0 Å². The van der Waals surface area contributed by atoms with Crippen LogP contribution in [0.4, 0.5) is 5.82 Å². The number of hydrogen-bond donors (Lipinski definition) is 1. The van der Waals surface area contributed by atoms with E-state index < -0.39 is 0 Å². The Morgan fingerprint density at radius 2 is 1.72 bits per heavy atom. The topological polar surface area (TPSA) is 68.5 Å². The van der Waals surface area contributed by atoms with E-state index in [4.69, 9.17) is 9.97 Å². The fourth-order valence-electron chi connectivity index (χ4n) is 3.18. The molecule has 0 saturated heterocycles. The zero-order valence-electron chi connectivity index (χ0n) is 15.6. The quantitative estimate of drug-likeness (QED) is 0.488. The molecule has 0 amide bonds. The molecule has 5 aromatic rings. The first-order chi connectivity index (χ1) is 14.4. The number of imidazole rings is 1. The normalized spacial score (nSPS) is 10.9. The molecular formula is C23H18N6. The highest BCUT2D eigenvalue weighted by Crippen LogP contribution is 2.25. The summed E-state index contributed by atoms with van der Waals surface area (Å²) in [6.07, 6.45) is 7.21. The summed E-state index contributed by atoms with van der Waals surface area (Å²) >= 11 is 0. The molecule has 0 saturated carbocycles. The van der Waals surface area contributed by atoms with E-state index in [1.807, 2.05) is 77.6 Å². The van der Waals surface area contributed by atoms with Crippen LogP contribution in [0.25, 0.3) is 28.1 Å². The molecular weight excluding hydrogens is 360 g/mol. The summed E-state index contributed by atoms with van der Waals surface area (Å²) in [6.45, 7) is 0.618. The number of anilines is 1. The summed E-state index contributed by atoms with van der Waals surface area (Å²) in [5.41, 5.74) is 2.97. The third-order valence-corrected chi connectivity index (χ3v) is 4.67. The van der Waals surface area contributed by atoms with Gasteiger partial charge in [-0.15, -0.1) is 0 Å². The first-order valence-corrected chi connectivity index (χ1v) is 9.36. The standard InChI is InChI=1S/C23H18N6/c1-2-6-18(7-3-1)22-27-20-9-5-4-8-19(20)23(28-22)26-15-17-10-11-21(25-14-17)29-13-12-24-16-29/h1-14,16H,15H2,(H,26,27,28). The molecule has 2 aromatic carbocycles. The van der Waals surface area contributed by atoms with E-state index in [9.17, 15) is 0 Å². The summed E-state index contributed by atoms with van der Waals surface area (Å²) in [7, 11) is 0. The van der Waals surface area contributed by atoms with Gasteiger partial charge < -0.3 is 5.32 Å². The van der Waals surface area contributed by atoms with Crippen LogP contribution in [-0.4, -0.2) is 24.5 Å². The second kappa shape index (κ2) is 7.52. The number of nitrogens with one attached hydrogen (secondary N) is 1. The molecule has 5 rings (SSSR count). The van der Waals surface area contributed by atoms with Gasteiger partial charge in [-0.3, -0.25) is 4.57 Å². The summed E-state index contributed by atoms with van der Waals surface area (Å²) in [5, 5.41) is 4.45. The molecule has 3 heterocycles. The summed E-state index contributed by atoms with van der Waals surface area (Å²) in [4.78, 5) is 18.1. The Bertz CT molecular complexity index is 1230. The van der Waals surface area contributed by atoms with Crippen molar-refractivity contribution in [2.45, 2.75) is 6.54 Å². The maximum Gasteiger partial charge on any atom is 0.162 e. The largest absolute Gasteiger partial charge is 0.365 e. The van der Waals surface area contributed by atoms with E-state index in [2.05, 4.69) is 21.4 Å². The van der Waals surface area contributed by atoms with E-state index >= 15 is 0 Å². The minimum Gasteiger partial charge on any atom is -0.365 e. The van der Waals surface area contributed by atoms with Crippen LogP contribution in [0.1, 0.15) is 5.56 Å². The molecule has 0 atom stereocenters. The first kappa shape index (κ1) is 17.1. The van der Waals surface area contributed by atoms with Crippen molar-refractivity contribution in [1.82, 2.24) is 24.5 Å². The summed E-state index contributed by atoms with van der Waals surface area (Å²) in [5.74, 6) is 2.36. The summed E-state index contributed by atoms with van der Waals surface area (Å²) in [6, 6.07) is 22.1. The number of fused-ring (bicyclic) bond motifs is 1. The average Bonchev–Trinajstić information content (AvgIpc) is 3.33. The van der Waals surface area contributed by atoms with E-state index in [1.54, 1.807) is 12.5 Å². The predicted octanol–water partition coefficient (Wildman–Crippen LogP) is 4.49. The van der Waals surface area contributed by atoms with E-state index in [0.29, 0.717) is 12.4 Å². The highest BCUT2D eigenvalue weighted by atomic mass is 15.1. The molecule has 3 aromatic heterocycles. The Hall–Kier alpha value is -4.06. The fraction of sp³-hybridized carbons (Fsp3) is 0.0435. The number of benzene rings is 2. The van der Waals surface area contributed by atoms with Gasteiger partial charge >= 0.3 is 0 Å². The Balaban J connectivity index is 1.44. The lowest BCUT2D eigenvalue weighted by Crippen LogP contribution is -2.05. The molecule has 29 heavy (non-hydrogen) atoms. The van der Waals surface area contributed by atoms with Crippen molar-refractivity contribution in [3.63, 3.8) is 0 Å². The van der Waals surface area contributed by atoms with Crippen molar-refractivity contribution in [3.05, 3.63) is 97.2 Å². The van der Waals surface area contributed by atoms with Gasteiger partial charge in [0.1, 0.15) is 18.0 Å². The van der Waals surface area contributed by atoms with Gasteiger partial charge in [-0.2, -0.15) is 0 Å². The Morgan fingerprint density at radius 3 is 2.52 bits per heavy atom. The Labute approximate surface area is 167 Å². The highest BCUT2D eigenvalue weighted by Gasteiger charge is 2.09. The second-order valence-electron chi connectivity index (χ2n) is 6.63. The number of aromatic nitrogens is 5. The van der Waals surface area contributed by atoms with Crippen molar-refractivity contribution < 1.29 is 0 Å².